The number of methoxy groups -OCH3 is 3. The Morgan fingerprint density at radius 2 is 1.73 bits per heavy atom. The van der Waals surface area contributed by atoms with E-state index in [2.05, 4.69) is 0 Å². The standard InChI is InChI=1S/C18H21ClO6S/c1-22-7-4-8-25-16(21)6-5-12(20)18-17(19)11-9-13(23-2)14(24-3)10-15(11)26-18/h9-10H,4-8H2,1-3H3. The molecule has 2 rings (SSSR count). The van der Waals surface area contributed by atoms with Crippen LogP contribution in [-0.4, -0.2) is 46.3 Å². The van der Waals surface area contributed by atoms with Crippen LogP contribution in [0.1, 0.15) is 28.9 Å². The number of carbonyl (C=O) groups excluding carboxylic acids is 2. The summed E-state index contributed by atoms with van der Waals surface area (Å²) in [6, 6.07) is 3.53. The van der Waals surface area contributed by atoms with E-state index in [1.54, 1.807) is 26.4 Å². The number of rotatable bonds is 10. The van der Waals surface area contributed by atoms with Crippen molar-refractivity contribution in [3.05, 3.63) is 22.0 Å². The second-order valence-corrected chi connectivity index (χ2v) is 6.87. The average molecular weight is 401 g/mol. The number of esters is 1. The van der Waals surface area contributed by atoms with Gasteiger partial charge in [-0.25, -0.2) is 0 Å². The Bertz CT molecular complexity index is 786. The Balaban J connectivity index is 2.06. The van der Waals surface area contributed by atoms with E-state index < -0.39 is 5.97 Å². The normalized spacial score (nSPS) is 10.8. The van der Waals surface area contributed by atoms with Crippen LogP contribution < -0.4 is 9.47 Å². The van der Waals surface area contributed by atoms with E-state index in [4.69, 9.17) is 30.5 Å². The van der Waals surface area contributed by atoms with E-state index >= 15 is 0 Å². The number of ketones is 1. The van der Waals surface area contributed by atoms with Gasteiger partial charge in [-0.15, -0.1) is 11.3 Å². The zero-order valence-electron chi connectivity index (χ0n) is 14.9. The first kappa shape index (κ1) is 20.5. The van der Waals surface area contributed by atoms with Crippen LogP contribution in [0.15, 0.2) is 12.1 Å². The molecular weight excluding hydrogens is 380 g/mol. The number of hydrogen-bond acceptors (Lipinski definition) is 7. The maximum atomic E-state index is 12.5. The molecule has 26 heavy (non-hydrogen) atoms. The van der Waals surface area contributed by atoms with Crippen LogP contribution in [0.3, 0.4) is 0 Å². The zero-order valence-corrected chi connectivity index (χ0v) is 16.5. The smallest absolute Gasteiger partial charge is 0.306 e. The number of thiophene rings is 1. The van der Waals surface area contributed by atoms with Crippen molar-refractivity contribution in [2.24, 2.45) is 0 Å². The van der Waals surface area contributed by atoms with Crippen molar-refractivity contribution in [2.75, 3.05) is 34.5 Å². The monoisotopic (exact) mass is 400 g/mol. The molecule has 1 aromatic carbocycles. The van der Waals surface area contributed by atoms with Gasteiger partial charge >= 0.3 is 5.97 Å². The first-order chi connectivity index (χ1) is 12.5. The molecule has 0 N–H and O–H groups in total. The lowest BCUT2D eigenvalue weighted by atomic mass is 10.1. The summed E-state index contributed by atoms with van der Waals surface area (Å²) in [5.74, 6) is 0.507. The van der Waals surface area contributed by atoms with Crippen LogP contribution in [0.4, 0.5) is 0 Å². The number of benzene rings is 1. The SMILES string of the molecule is COCCCOC(=O)CCC(=O)c1sc2cc(OC)c(OC)cc2c1Cl. The molecule has 0 radical (unpaired) electrons. The largest absolute Gasteiger partial charge is 0.493 e. The van der Waals surface area contributed by atoms with Crippen molar-refractivity contribution >= 4 is 44.8 Å². The lowest BCUT2D eigenvalue weighted by Gasteiger charge is -2.06. The van der Waals surface area contributed by atoms with E-state index in [1.165, 1.54) is 18.4 Å². The van der Waals surface area contributed by atoms with Gasteiger partial charge in [-0.3, -0.25) is 9.59 Å². The van der Waals surface area contributed by atoms with Gasteiger partial charge in [0.1, 0.15) is 0 Å². The van der Waals surface area contributed by atoms with Crippen molar-refractivity contribution in [3.63, 3.8) is 0 Å². The Morgan fingerprint density at radius 1 is 1.04 bits per heavy atom. The minimum atomic E-state index is -0.407. The molecule has 0 fully saturated rings. The zero-order chi connectivity index (χ0) is 19.1. The summed E-state index contributed by atoms with van der Waals surface area (Å²) >= 11 is 7.64. The fourth-order valence-electron chi connectivity index (χ4n) is 2.36. The van der Waals surface area contributed by atoms with Crippen molar-refractivity contribution in [3.8, 4) is 11.5 Å². The topological polar surface area (TPSA) is 71.1 Å². The maximum Gasteiger partial charge on any atom is 0.306 e. The molecule has 0 bridgehead atoms. The van der Waals surface area contributed by atoms with Crippen molar-refractivity contribution < 1.29 is 28.5 Å². The highest BCUT2D eigenvalue weighted by atomic mass is 35.5. The number of hydrogen-bond donors (Lipinski definition) is 0. The molecule has 0 spiro atoms. The van der Waals surface area contributed by atoms with Crippen LogP contribution in [-0.2, 0) is 14.3 Å². The van der Waals surface area contributed by atoms with Gasteiger partial charge in [0.05, 0.1) is 37.1 Å². The molecule has 0 atom stereocenters. The summed E-state index contributed by atoms with van der Waals surface area (Å²) < 4.78 is 21.3. The van der Waals surface area contributed by atoms with Gasteiger partial charge < -0.3 is 18.9 Å². The number of carbonyl (C=O) groups is 2. The molecule has 8 heteroatoms. The summed E-state index contributed by atoms with van der Waals surface area (Å²) in [6.45, 7) is 0.806. The van der Waals surface area contributed by atoms with Crippen LogP contribution in [0.5, 0.6) is 11.5 Å². The molecule has 0 aliphatic heterocycles. The summed E-state index contributed by atoms with van der Waals surface area (Å²) in [5, 5.41) is 1.09. The van der Waals surface area contributed by atoms with Crippen LogP contribution in [0.2, 0.25) is 5.02 Å². The predicted molar refractivity (Wildman–Crippen MR) is 101 cm³/mol. The van der Waals surface area contributed by atoms with Crippen LogP contribution >= 0.6 is 22.9 Å². The first-order valence-corrected chi connectivity index (χ1v) is 9.23. The number of Topliss-reactive ketones (excluding diaryl/α,β-unsaturated/α-hetero) is 1. The third-order valence-corrected chi connectivity index (χ3v) is 5.40. The second-order valence-electron chi connectivity index (χ2n) is 5.44. The highest BCUT2D eigenvalue weighted by Gasteiger charge is 2.20. The Hall–Kier alpha value is -1.83. The van der Waals surface area contributed by atoms with Crippen molar-refractivity contribution in [1.82, 2.24) is 0 Å². The fourth-order valence-corrected chi connectivity index (χ4v) is 3.87. The van der Waals surface area contributed by atoms with Gasteiger partial charge in [-0.05, 0) is 6.07 Å². The Labute approximate surface area is 160 Å². The molecular formula is C18H21ClO6S. The van der Waals surface area contributed by atoms with Crippen molar-refractivity contribution in [1.29, 1.82) is 0 Å². The van der Waals surface area contributed by atoms with Gasteiger partial charge in [-0.1, -0.05) is 11.6 Å². The average Bonchev–Trinajstić information content (AvgIpc) is 2.98. The van der Waals surface area contributed by atoms with Crippen molar-refractivity contribution in [2.45, 2.75) is 19.3 Å². The Morgan fingerprint density at radius 3 is 2.38 bits per heavy atom. The summed E-state index contributed by atoms with van der Waals surface area (Å²) in [7, 11) is 4.66. The molecule has 1 aromatic heterocycles. The van der Waals surface area contributed by atoms with Crippen LogP contribution in [0.25, 0.3) is 10.1 Å². The molecule has 0 saturated carbocycles. The second kappa shape index (κ2) is 9.75. The lowest BCUT2D eigenvalue weighted by molar-refractivity contribution is -0.143. The minimum Gasteiger partial charge on any atom is -0.493 e. The third kappa shape index (κ3) is 4.87. The summed E-state index contributed by atoms with van der Waals surface area (Å²) in [6.07, 6.45) is 0.689. The van der Waals surface area contributed by atoms with Gasteiger partial charge in [0, 0.05) is 42.7 Å². The fraction of sp³-hybridized carbons (Fsp3) is 0.444. The van der Waals surface area contributed by atoms with Gasteiger partial charge in [0.15, 0.2) is 17.3 Å². The Kier molecular flexibility index (Phi) is 7.68. The predicted octanol–water partition coefficient (Wildman–Crippen LogP) is 4.11. The number of halogens is 1. The van der Waals surface area contributed by atoms with E-state index in [-0.39, 0.29) is 25.2 Å². The molecule has 1 heterocycles. The molecule has 142 valence electrons. The summed E-state index contributed by atoms with van der Waals surface area (Å²) in [4.78, 5) is 24.6. The molecule has 0 amide bonds. The van der Waals surface area contributed by atoms with Gasteiger partial charge in [0.25, 0.3) is 0 Å². The maximum absolute atomic E-state index is 12.5. The van der Waals surface area contributed by atoms with E-state index in [0.717, 1.165) is 10.1 Å². The highest BCUT2D eigenvalue weighted by Crippen LogP contribution is 2.42. The summed E-state index contributed by atoms with van der Waals surface area (Å²) in [5.41, 5.74) is 0. The number of ether oxygens (including phenoxy) is 4. The third-order valence-electron chi connectivity index (χ3n) is 3.70. The lowest BCUT2D eigenvalue weighted by Crippen LogP contribution is -2.09. The van der Waals surface area contributed by atoms with E-state index in [9.17, 15) is 9.59 Å². The highest BCUT2D eigenvalue weighted by molar-refractivity contribution is 7.21. The molecule has 0 saturated heterocycles. The number of fused-ring (bicyclic) bond motifs is 1. The van der Waals surface area contributed by atoms with Crippen LogP contribution in [0, 0.1) is 0 Å². The molecule has 0 aliphatic rings. The molecule has 0 aliphatic carbocycles. The van der Waals surface area contributed by atoms with E-state index in [0.29, 0.717) is 34.4 Å². The van der Waals surface area contributed by atoms with Gasteiger partial charge in [-0.2, -0.15) is 0 Å². The minimum absolute atomic E-state index is 0.0169. The molecule has 0 unspecified atom stereocenters. The first-order valence-electron chi connectivity index (χ1n) is 8.03. The van der Waals surface area contributed by atoms with E-state index in [1.807, 2.05) is 0 Å². The molecule has 6 nitrogen and oxygen atoms in total. The quantitative estimate of drug-likeness (QED) is 0.339. The molecule has 2 aromatic rings. The van der Waals surface area contributed by atoms with Gasteiger partial charge in [0.2, 0.25) is 0 Å².